The average molecular weight is 167 g/mol. The number of nitrogens with zero attached hydrogens (tertiary/aromatic N) is 1. The van der Waals surface area contributed by atoms with Crippen molar-refractivity contribution in [2.75, 3.05) is 0 Å². The molecule has 0 radical (unpaired) electrons. The summed E-state index contributed by atoms with van der Waals surface area (Å²) >= 11 is 1.60. The van der Waals surface area contributed by atoms with Gasteiger partial charge in [-0.2, -0.15) is 0 Å². The van der Waals surface area contributed by atoms with Crippen molar-refractivity contribution in [1.82, 2.24) is 4.98 Å². The zero-order valence-corrected chi connectivity index (χ0v) is 7.31. The molecule has 1 rings (SSSR count). The van der Waals surface area contributed by atoms with E-state index in [1.165, 1.54) is 11.0 Å². The lowest BCUT2D eigenvalue weighted by atomic mass is 10.4. The highest BCUT2D eigenvalue weighted by molar-refractivity contribution is 7.12. The first kappa shape index (κ1) is 8.14. The topological polar surface area (TPSA) is 30.0 Å². The molecule has 0 atom stereocenters. The van der Waals surface area contributed by atoms with E-state index in [9.17, 15) is 4.79 Å². The largest absolute Gasteiger partial charge is 0.299 e. The smallest absolute Gasteiger partial charge is 0.142 e. The molecule has 0 N–H and O–H groups in total. The summed E-state index contributed by atoms with van der Waals surface area (Å²) in [5.74, 6) is 0. The normalized spacial score (nSPS) is 10.7. The quantitative estimate of drug-likeness (QED) is 0.498. The molecular weight excluding hydrogens is 158 g/mol. The van der Waals surface area contributed by atoms with Crippen LogP contribution in [0.2, 0.25) is 0 Å². The fourth-order valence-electron chi connectivity index (χ4n) is 0.690. The van der Waals surface area contributed by atoms with Gasteiger partial charge in [-0.05, 0) is 26.0 Å². The molecule has 1 aromatic heterocycles. The molecule has 0 aliphatic heterocycles. The van der Waals surface area contributed by atoms with Crippen LogP contribution in [-0.4, -0.2) is 11.3 Å². The number of hydrogen-bond acceptors (Lipinski definition) is 3. The van der Waals surface area contributed by atoms with Gasteiger partial charge in [-0.3, -0.25) is 4.79 Å². The van der Waals surface area contributed by atoms with Gasteiger partial charge in [-0.1, -0.05) is 0 Å². The van der Waals surface area contributed by atoms with Gasteiger partial charge in [0.05, 0.1) is 5.69 Å². The summed E-state index contributed by atoms with van der Waals surface area (Å²) in [5, 5.41) is 0.895. The lowest BCUT2D eigenvalue weighted by molar-refractivity contribution is -0.104. The minimum atomic E-state index is 0.756. The van der Waals surface area contributed by atoms with Crippen LogP contribution in [0, 0.1) is 13.8 Å². The van der Waals surface area contributed by atoms with Crippen LogP contribution in [0.4, 0.5) is 0 Å². The first-order chi connectivity index (χ1) is 5.24. The van der Waals surface area contributed by atoms with Gasteiger partial charge in [-0.25, -0.2) is 4.98 Å². The molecule has 11 heavy (non-hydrogen) atoms. The molecule has 3 heteroatoms. The SMILES string of the molecule is Cc1nc(C=CC=O)sc1C. The average Bonchev–Trinajstić information content (AvgIpc) is 2.28. The highest BCUT2D eigenvalue weighted by Crippen LogP contribution is 2.16. The van der Waals surface area contributed by atoms with E-state index in [-0.39, 0.29) is 0 Å². The Bertz CT molecular complexity index is 269. The van der Waals surface area contributed by atoms with Crippen molar-refractivity contribution >= 4 is 23.7 Å². The Kier molecular flexibility index (Phi) is 2.54. The van der Waals surface area contributed by atoms with E-state index in [2.05, 4.69) is 4.98 Å². The minimum Gasteiger partial charge on any atom is -0.299 e. The number of allylic oxidation sites excluding steroid dienone is 1. The second-order valence-electron chi connectivity index (χ2n) is 2.19. The summed E-state index contributed by atoms with van der Waals surface area (Å²) in [6, 6.07) is 0. The third-order valence-corrected chi connectivity index (χ3v) is 2.40. The summed E-state index contributed by atoms with van der Waals surface area (Å²) in [6.07, 6.45) is 3.93. The third-order valence-electron chi connectivity index (χ3n) is 1.36. The number of aryl methyl sites for hydroxylation is 2. The molecule has 0 aliphatic carbocycles. The molecule has 0 spiro atoms. The Morgan fingerprint density at radius 3 is 2.64 bits per heavy atom. The van der Waals surface area contributed by atoms with Crippen molar-refractivity contribution in [2.24, 2.45) is 0 Å². The molecule has 58 valence electrons. The van der Waals surface area contributed by atoms with Gasteiger partial charge in [0, 0.05) is 4.88 Å². The number of carbonyl (C=O) groups is 1. The predicted molar refractivity (Wildman–Crippen MR) is 46.7 cm³/mol. The standard InChI is InChI=1S/C8H9NOS/c1-6-7(2)11-8(9-6)4-3-5-10/h3-5H,1-2H3. The molecular formula is C8H9NOS. The third kappa shape index (κ3) is 1.98. The number of aromatic nitrogens is 1. The molecule has 0 bridgehead atoms. The molecule has 0 aromatic carbocycles. The molecule has 0 aliphatic rings. The summed E-state index contributed by atoms with van der Waals surface area (Å²) in [6.45, 7) is 3.98. The lowest BCUT2D eigenvalue weighted by Crippen LogP contribution is -1.72. The van der Waals surface area contributed by atoms with E-state index in [4.69, 9.17) is 0 Å². The lowest BCUT2D eigenvalue weighted by Gasteiger charge is -1.77. The Balaban J connectivity index is 2.88. The summed E-state index contributed by atoms with van der Waals surface area (Å²) < 4.78 is 0. The van der Waals surface area contributed by atoms with Gasteiger partial charge in [0.1, 0.15) is 11.3 Å². The highest BCUT2D eigenvalue weighted by atomic mass is 32.1. The van der Waals surface area contributed by atoms with Gasteiger partial charge >= 0.3 is 0 Å². The van der Waals surface area contributed by atoms with E-state index in [0.717, 1.165) is 17.0 Å². The molecule has 0 unspecified atom stereocenters. The van der Waals surface area contributed by atoms with Crippen LogP contribution in [0.3, 0.4) is 0 Å². The number of aldehydes is 1. The van der Waals surface area contributed by atoms with Crippen molar-refractivity contribution in [3.8, 4) is 0 Å². The van der Waals surface area contributed by atoms with E-state index < -0.39 is 0 Å². The van der Waals surface area contributed by atoms with Crippen molar-refractivity contribution in [3.63, 3.8) is 0 Å². The fraction of sp³-hybridized carbons (Fsp3) is 0.250. The number of thiazole rings is 1. The van der Waals surface area contributed by atoms with Crippen LogP contribution in [-0.2, 0) is 4.79 Å². The second kappa shape index (κ2) is 3.44. The molecule has 0 fully saturated rings. The zero-order chi connectivity index (χ0) is 8.27. The molecule has 0 amide bonds. The second-order valence-corrected chi connectivity index (χ2v) is 3.42. The minimum absolute atomic E-state index is 0.756. The van der Waals surface area contributed by atoms with Crippen LogP contribution in [0.1, 0.15) is 15.6 Å². The predicted octanol–water partition coefficient (Wildman–Crippen LogP) is 1.97. The first-order valence-electron chi connectivity index (χ1n) is 3.30. The molecule has 1 heterocycles. The molecule has 0 saturated carbocycles. The number of rotatable bonds is 2. The van der Waals surface area contributed by atoms with Crippen molar-refractivity contribution in [1.29, 1.82) is 0 Å². The van der Waals surface area contributed by atoms with Crippen LogP contribution in [0.15, 0.2) is 6.08 Å². The highest BCUT2D eigenvalue weighted by Gasteiger charge is 1.98. The maximum Gasteiger partial charge on any atom is 0.142 e. The van der Waals surface area contributed by atoms with E-state index in [1.54, 1.807) is 17.4 Å². The Labute approximate surface area is 69.6 Å². The van der Waals surface area contributed by atoms with Crippen LogP contribution in [0.5, 0.6) is 0 Å². The summed E-state index contributed by atoms with van der Waals surface area (Å²) in [5.41, 5.74) is 1.04. The van der Waals surface area contributed by atoms with Crippen molar-refractivity contribution in [2.45, 2.75) is 13.8 Å². The van der Waals surface area contributed by atoms with Gasteiger partial charge in [0.2, 0.25) is 0 Å². The van der Waals surface area contributed by atoms with Crippen LogP contribution < -0.4 is 0 Å². The maximum absolute atomic E-state index is 9.96. The molecule has 2 nitrogen and oxygen atoms in total. The van der Waals surface area contributed by atoms with Crippen molar-refractivity contribution in [3.05, 3.63) is 21.7 Å². The van der Waals surface area contributed by atoms with Gasteiger partial charge in [-0.15, -0.1) is 11.3 Å². The Morgan fingerprint density at radius 2 is 2.18 bits per heavy atom. The van der Waals surface area contributed by atoms with E-state index in [0.29, 0.717) is 0 Å². The number of hydrogen-bond donors (Lipinski definition) is 0. The van der Waals surface area contributed by atoms with Gasteiger partial charge in [0.15, 0.2) is 0 Å². The summed E-state index contributed by atoms with van der Waals surface area (Å²) in [4.78, 5) is 15.4. The molecule has 0 saturated heterocycles. The Hall–Kier alpha value is -0.960. The molecule has 1 aromatic rings. The monoisotopic (exact) mass is 167 g/mol. The van der Waals surface area contributed by atoms with Crippen molar-refractivity contribution < 1.29 is 4.79 Å². The summed E-state index contributed by atoms with van der Waals surface area (Å²) in [7, 11) is 0. The van der Waals surface area contributed by atoms with E-state index in [1.807, 2.05) is 13.8 Å². The Morgan fingerprint density at radius 1 is 1.45 bits per heavy atom. The number of carbonyl (C=O) groups excluding carboxylic acids is 1. The maximum atomic E-state index is 9.96. The fourth-order valence-corrected chi connectivity index (χ4v) is 1.53. The van der Waals surface area contributed by atoms with Crippen LogP contribution >= 0.6 is 11.3 Å². The van der Waals surface area contributed by atoms with E-state index >= 15 is 0 Å². The van der Waals surface area contributed by atoms with Gasteiger partial charge in [0.25, 0.3) is 0 Å². The zero-order valence-electron chi connectivity index (χ0n) is 6.50. The first-order valence-corrected chi connectivity index (χ1v) is 4.11. The van der Waals surface area contributed by atoms with Gasteiger partial charge < -0.3 is 0 Å². The van der Waals surface area contributed by atoms with Crippen LogP contribution in [0.25, 0.3) is 6.08 Å².